The number of urea groups is 1. The van der Waals surface area contributed by atoms with Crippen LogP contribution in [-0.4, -0.2) is 93.9 Å². The second-order valence-corrected chi connectivity index (χ2v) is 12.1. The summed E-state index contributed by atoms with van der Waals surface area (Å²) in [6, 6.07) is 9.66. The number of aromatic nitrogens is 1. The number of ketones is 1. The van der Waals surface area contributed by atoms with Crippen LogP contribution in [0.15, 0.2) is 49.1 Å². The number of ether oxygens (including phenoxy) is 1. The van der Waals surface area contributed by atoms with Gasteiger partial charge >= 0.3 is 6.03 Å². The van der Waals surface area contributed by atoms with E-state index in [9.17, 15) is 19.2 Å². The summed E-state index contributed by atoms with van der Waals surface area (Å²) in [6.45, 7) is 6.20. The molecule has 238 valence electrons. The average molecular weight is 635 g/mol. The quantitative estimate of drug-likeness (QED) is 0.154. The van der Waals surface area contributed by atoms with Crippen molar-refractivity contribution in [3.63, 3.8) is 0 Å². The second-order valence-electron chi connectivity index (χ2n) is 11.1. The molecule has 2 atom stereocenters. The van der Waals surface area contributed by atoms with Gasteiger partial charge < -0.3 is 31.3 Å². The Bertz CT molecular complexity index is 1630. The summed E-state index contributed by atoms with van der Waals surface area (Å²) in [6.07, 6.45) is 2.55. The van der Waals surface area contributed by atoms with E-state index in [0.29, 0.717) is 28.7 Å². The highest BCUT2D eigenvalue weighted by Gasteiger charge is 2.51. The van der Waals surface area contributed by atoms with Crippen molar-refractivity contribution in [2.24, 2.45) is 0 Å². The van der Waals surface area contributed by atoms with Gasteiger partial charge in [0.1, 0.15) is 18.0 Å². The lowest BCUT2D eigenvalue weighted by molar-refractivity contribution is -0.157. The number of nitrogens with two attached hydrogens (primary N) is 2. The summed E-state index contributed by atoms with van der Waals surface area (Å²) >= 11 is 1.38. The van der Waals surface area contributed by atoms with Crippen LogP contribution in [0.4, 0.5) is 15.6 Å². The number of benzene rings is 2. The van der Waals surface area contributed by atoms with Gasteiger partial charge in [0.2, 0.25) is 11.8 Å². The predicted molar refractivity (Wildman–Crippen MR) is 172 cm³/mol. The fourth-order valence-electron chi connectivity index (χ4n) is 5.70. The number of carbonyl (C=O) groups is 4. The molecule has 2 aliphatic rings. The first-order valence-corrected chi connectivity index (χ1v) is 15.6. The number of nitrogens with zero attached hydrogens (tertiary/aromatic N) is 5. The van der Waals surface area contributed by atoms with E-state index in [1.54, 1.807) is 40.1 Å². The number of amides is 4. The Morgan fingerprint density at radius 2 is 2.04 bits per heavy atom. The third-order valence-electron chi connectivity index (χ3n) is 8.03. The molecule has 2 fully saturated rings. The number of hydrogen-bond acceptors (Lipinski definition) is 10. The number of nitrogen functional groups attached to an aromatic ring is 2. The molecule has 0 saturated carbocycles. The third kappa shape index (κ3) is 6.71. The Kier molecular flexibility index (Phi) is 9.54. The van der Waals surface area contributed by atoms with Crippen molar-refractivity contribution in [3.8, 4) is 5.75 Å². The van der Waals surface area contributed by atoms with Crippen molar-refractivity contribution in [1.29, 1.82) is 0 Å². The number of rotatable bonds is 12. The highest BCUT2D eigenvalue weighted by molar-refractivity contribution is 7.22. The molecule has 45 heavy (non-hydrogen) atoms. The zero-order valence-corrected chi connectivity index (χ0v) is 26.2. The van der Waals surface area contributed by atoms with Gasteiger partial charge in [0, 0.05) is 26.6 Å². The zero-order valence-electron chi connectivity index (χ0n) is 25.4. The number of anilines is 2. The molecular weight excluding hydrogens is 596 g/mol. The molecule has 13 nitrogen and oxygen atoms in total. The molecule has 14 heteroatoms. The van der Waals surface area contributed by atoms with E-state index in [1.807, 2.05) is 25.1 Å². The standard InChI is InChI=1S/C31H38N8O5S/c1-4-6-12-34-31(43)36(3)38-17-27(41)39-23(14-19-10-11-24(22(32)13-19)44-18-21(40)5-2)29(42)37(16-26(38)39)15-20-8-7-9-25-28(20)35-30(33)45-25/h5,7-11,13,23,26H,2,4,6,12,14-18,32H2,1,3H3,(H2,33,35)(H,34,43)/t23-,26+/m0/s1. The first-order chi connectivity index (χ1) is 21.6. The van der Waals surface area contributed by atoms with Gasteiger partial charge in [-0.2, -0.15) is 5.01 Å². The minimum absolute atomic E-state index is 0.0512. The molecule has 2 aliphatic heterocycles. The van der Waals surface area contributed by atoms with Gasteiger partial charge in [-0.15, -0.1) is 0 Å². The molecule has 2 saturated heterocycles. The van der Waals surface area contributed by atoms with E-state index < -0.39 is 12.2 Å². The van der Waals surface area contributed by atoms with Crippen LogP contribution in [0.3, 0.4) is 0 Å². The second kappa shape index (κ2) is 13.5. The maximum atomic E-state index is 14.2. The molecule has 5 rings (SSSR count). The number of thiazole rings is 1. The van der Waals surface area contributed by atoms with E-state index in [1.165, 1.54) is 22.4 Å². The average Bonchev–Trinajstić information content (AvgIpc) is 3.57. The normalized spacial score (nSPS) is 18.3. The van der Waals surface area contributed by atoms with Crippen molar-refractivity contribution in [2.45, 2.75) is 44.9 Å². The molecule has 3 aromatic rings. The van der Waals surface area contributed by atoms with Crippen LogP contribution in [0.2, 0.25) is 0 Å². The largest absolute Gasteiger partial charge is 0.483 e. The number of piperazine rings is 1. The molecule has 0 spiro atoms. The van der Waals surface area contributed by atoms with Gasteiger partial charge in [-0.3, -0.25) is 19.4 Å². The summed E-state index contributed by atoms with van der Waals surface area (Å²) in [7, 11) is 1.63. The number of unbranched alkanes of at least 4 members (excludes halogenated alkanes) is 1. The molecule has 0 bridgehead atoms. The van der Waals surface area contributed by atoms with Crippen molar-refractivity contribution >= 4 is 56.0 Å². The summed E-state index contributed by atoms with van der Waals surface area (Å²) in [4.78, 5) is 60.1. The summed E-state index contributed by atoms with van der Waals surface area (Å²) in [5.41, 5.74) is 14.8. The van der Waals surface area contributed by atoms with Crippen molar-refractivity contribution in [3.05, 3.63) is 60.2 Å². The zero-order chi connectivity index (χ0) is 32.2. The number of carbonyl (C=O) groups excluding carboxylic acids is 4. The fraction of sp³-hybridized carbons (Fsp3) is 0.387. The lowest BCUT2D eigenvalue weighted by Crippen LogP contribution is -2.65. The molecule has 0 unspecified atom stereocenters. The third-order valence-corrected chi connectivity index (χ3v) is 8.88. The van der Waals surface area contributed by atoms with Crippen LogP contribution in [0.5, 0.6) is 5.75 Å². The molecule has 4 amide bonds. The Labute approximate surface area is 265 Å². The van der Waals surface area contributed by atoms with Crippen molar-refractivity contribution in [2.75, 3.05) is 44.8 Å². The summed E-state index contributed by atoms with van der Waals surface area (Å²) < 4.78 is 6.43. The molecule has 0 aliphatic carbocycles. The fourth-order valence-corrected chi connectivity index (χ4v) is 6.48. The van der Waals surface area contributed by atoms with Crippen LogP contribution < -0.4 is 21.5 Å². The smallest absolute Gasteiger partial charge is 0.331 e. The van der Waals surface area contributed by atoms with Gasteiger partial charge in [0.05, 0.1) is 29.0 Å². The van der Waals surface area contributed by atoms with E-state index >= 15 is 0 Å². The van der Waals surface area contributed by atoms with Gasteiger partial charge in [0.15, 0.2) is 17.5 Å². The van der Waals surface area contributed by atoms with E-state index in [4.69, 9.17) is 16.2 Å². The van der Waals surface area contributed by atoms with Crippen LogP contribution in [0.1, 0.15) is 30.9 Å². The highest BCUT2D eigenvalue weighted by atomic mass is 32.1. The number of hydrazine groups is 1. The molecular formula is C31H38N8O5S. The first-order valence-electron chi connectivity index (χ1n) is 14.8. The molecule has 2 aromatic carbocycles. The summed E-state index contributed by atoms with van der Waals surface area (Å²) in [5.74, 6) is -0.434. The Morgan fingerprint density at radius 1 is 1.24 bits per heavy atom. The number of nitrogens with one attached hydrogen (secondary N) is 1. The molecule has 3 heterocycles. The number of hydrogen-bond donors (Lipinski definition) is 3. The molecule has 1 aromatic heterocycles. The maximum Gasteiger partial charge on any atom is 0.331 e. The number of fused-ring (bicyclic) bond motifs is 2. The van der Waals surface area contributed by atoms with Crippen molar-refractivity contribution < 1.29 is 23.9 Å². The molecule has 0 radical (unpaired) electrons. The predicted octanol–water partition coefficient (Wildman–Crippen LogP) is 2.37. The van der Waals surface area contributed by atoms with Gasteiger partial charge in [0.25, 0.3) is 0 Å². The minimum Gasteiger partial charge on any atom is -0.483 e. The monoisotopic (exact) mass is 634 g/mol. The van der Waals surface area contributed by atoms with Gasteiger partial charge in [-0.25, -0.2) is 9.78 Å². The van der Waals surface area contributed by atoms with E-state index in [0.717, 1.165) is 28.6 Å². The lowest BCUT2D eigenvalue weighted by Gasteiger charge is -2.45. The topological polar surface area (TPSA) is 167 Å². The van der Waals surface area contributed by atoms with Crippen LogP contribution >= 0.6 is 11.3 Å². The first kappa shape index (κ1) is 31.7. The van der Waals surface area contributed by atoms with E-state index in [-0.39, 0.29) is 56.3 Å². The highest BCUT2D eigenvalue weighted by Crippen LogP contribution is 2.33. The Morgan fingerprint density at radius 3 is 2.78 bits per heavy atom. The van der Waals surface area contributed by atoms with Crippen LogP contribution in [-0.2, 0) is 27.3 Å². The van der Waals surface area contributed by atoms with Gasteiger partial charge in [-0.1, -0.05) is 49.5 Å². The summed E-state index contributed by atoms with van der Waals surface area (Å²) in [5, 5.41) is 6.48. The van der Waals surface area contributed by atoms with Crippen molar-refractivity contribution in [1.82, 2.24) is 30.1 Å². The maximum absolute atomic E-state index is 14.2. The van der Waals surface area contributed by atoms with Crippen LogP contribution in [0.25, 0.3) is 10.2 Å². The lowest BCUT2D eigenvalue weighted by atomic mass is 9.99. The minimum atomic E-state index is -0.856. The Hall–Kier alpha value is -4.69. The van der Waals surface area contributed by atoms with Crippen LogP contribution in [0, 0.1) is 0 Å². The Balaban J connectivity index is 1.44. The molecule has 5 N–H and O–H groups in total. The van der Waals surface area contributed by atoms with E-state index in [2.05, 4.69) is 16.9 Å². The SMILES string of the molecule is C=CC(=O)COc1ccc(C[C@H]2C(=O)N(Cc3cccc4sc(N)nc34)C[C@H]3N2C(=O)CN3N(C)C(=O)NCCCC)cc1N. The van der Waals surface area contributed by atoms with Gasteiger partial charge in [-0.05, 0) is 41.8 Å². The number of para-hydroxylation sites is 1.